The van der Waals surface area contributed by atoms with Crippen LogP contribution in [-0.2, 0) is 3.07 Å². The zero-order valence-electron chi connectivity index (χ0n) is 7.95. The van der Waals surface area contributed by atoms with Crippen LogP contribution in [0.1, 0.15) is 0 Å². The molecule has 0 bridgehead atoms. The van der Waals surface area contributed by atoms with Crippen LogP contribution >= 0.6 is 23.0 Å². The minimum Gasteiger partial charge on any atom is -0.389 e. The van der Waals surface area contributed by atoms with Crippen molar-refractivity contribution in [3.63, 3.8) is 0 Å². The van der Waals surface area contributed by atoms with E-state index in [9.17, 15) is 5.11 Å². The fourth-order valence-electron chi connectivity index (χ4n) is 1.45. The summed E-state index contributed by atoms with van der Waals surface area (Å²) in [4.78, 5) is 4.58. The van der Waals surface area contributed by atoms with Gasteiger partial charge in [0.2, 0.25) is 0 Å². The normalized spacial score (nSPS) is 23.3. The van der Waals surface area contributed by atoms with Crippen molar-refractivity contribution in [2.45, 2.75) is 6.10 Å². The predicted octanol–water partition coefficient (Wildman–Crippen LogP) is -0.0387. The fraction of sp³-hybridized carbons (Fsp3) is 1.00. The lowest BCUT2D eigenvalue weighted by Gasteiger charge is -2.33. The number of rotatable bonds is 4. The maximum absolute atomic E-state index is 9.48. The van der Waals surface area contributed by atoms with E-state index in [0.29, 0.717) is 6.61 Å². The molecule has 0 saturated carbocycles. The molecule has 1 atom stereocenters. The van der Waals surface area contributed by atoms with Crippen molar-refractivity contribution in [1.29, 1.82) is 0 Å². The van der Waals surface area contributed by atoms with Gasteiger partial charge in [-0.05, 0) is 7.05 Å². The van der Waals surface area contributed by atoms with Crippen molar-refractivity contribution in [2.24, 2.45) is 0 Å². The van der Waals surface area contributed by atoms with Crippen molar-refractivity contribution in [3.05, 3.63) is 0 Å². The summed E-state index contributed by atoms with van der Waals surface area (Å²) < 4.78 is 4.85. The number of hydrogen-bond donors (Lipinski definition) is 1. The van der Waals surface area contributed by atoms with Crippen LogP contribution in [-0.4, -0.2) is 67.4 Å². The van der Waals surface area contributed by atoms with Crippen molar-refractivity contribution in [1.82, 2.24) is 9.80 Å². The Bertz CT molecular complexity index is 140. The van der Waals surface area contributed by atoms with Crippen molar-refractivity contribution < 1.29 is 8.17 Å². The van der Waals surface area contributed by atoms with Crippen LogP contribution in [0.15, 0.2) is 0 Å². The Labute approximate surface area is 93.5 Å². The summed E-state index contributed by atoms with van der Waals surface area (Å²) in [5.41, 5.74) is 0. The number of halogens is 1. The monoisotopic (exact) mass is 300 g/mol. The van der Waals surface area contributed by atoms with Gasteiger partial charge in [0.05, 0.1) is 12.7 Å². The third-order valence-corrected chi connectivity index (χ3v) is 2.68. The van der Waals surface area contributed by atoms with E-state index in [0.717, 1.165) is 32.7 Å². The average Bonchev–Trinajstić information content (AvgIpc) is 2.09. The zero-order valence-corrected chi connectivity index (χ0v) is 10.1. The number of nitrogens with zero attached hydrogens (tertiary/aromatic N) is 2. The zero-order chi connectivity index (χ0) is 9.68. The van der Waals surface area contributed by atoms with Gasteiger partial charge >= 0.3 is 0 Å². The Kier molecular flexibility index (Phi) is 5.49. The molecule has 4 nitrogen and oxygen atoms in total. The molecule has 1 heterocycles. The highest BCUT2D eigenvalue weighted by Gasteiger charge is 2.16. The van der Waals surface area contributed by atoms with Crippen LogP contribution in [0.3, 0.4) is 0 Å². The van der Waals surface area contributed by atoms with E-state index in [4.69, 9.17) is 3.07 Å². The van der Waals surface area contributed by atoms with E-state index in [1.54, 1.807) is 0 Å². The van der Waals surface area contributed by atoms with Crippen molar-refractivity contribution >= 4 is 23.0 Å². The Morgan fingerprint density at radius 1 is 1.38 bits per heavy atom. The quantitative estimate of drug-likeness (QED) is 0.739. The van der Waals surface area contributed by atoms with Gasteiger partial charge in [-0.25, -0.2) is 0 Å². The molecule has 1 fully saturated rings. The molecule has 1 aliphatic heterocycles. The van der Waals surface area contributed by atoms with Gasteiger partial charge in [0.1, 0.15) is 23.0 Å². The van der Waals surface area contributed by atoms with Crippen LogP contribution in [0.2, 0.25) is 0 Å². The highest BCUT2D eigenvalue weighted by Crippen LogP contribution is 2.01. The lowest BCUT2D eigenvalue weighted by Crippen LogP contribution is -2.47. The topological polar surface area (TPSA) is 35.9 Å². The maximum Gasteiger partial charge on any atom is 0.109 e. The van der Waals surface area contributed by atoms with E-state index < -0.39 is 0 Å². The van der Waals surface area contributed by atoms with Crippen LogP contribution in [0.5, 0.6) is 0 Å². The molecular formula is C8H17IN2O2. The Hall–Kier alpha value is 0.570. The first kappa shape index (κ1) is 11.6. The molecule has 0 spiro atoms. The number of aliphatic hydroxyl groups is 1. The van der Waals surface area contributed by atoms with Crippen LogP contribution in [0, 0.1) is 0 Å². The van der Waals surface area contributed by atoms with Crippen LogP contribution in [0.4, 0.5) is 0 Å². The van der Waals surface area contributed by atoms with E-state index in [1.165, 1.54) is 0 Å². The first-order chi connectivity index (χ1) is 6.22. The molecule has 1 N–H and O–H groups in total. The van der Waals surface area contributed by atoms with Gasteiger partial charge in [-0.3, -0.25) is 4.90 Å². The van der Waals surface area contributed by atoms with Crippen molar-refractivity contribution in [3.8, 4) is 0 Å². The van der Waals surface area contributed by atoms with Crippen molar-refractivity contribution in [2.75, 3.05) is 46.4 Å². The second kappa shape index (κ2) is 6.13. The number of β-amino-alcohol motifs (C(OH)–C–C–N with tert-alkyl or cyclic N) is 1. The van der Waals surface area contributed by atoms with Gasteiger partial charge in [-0.15, -0.1) is 0 Å². The highest BCUT2D eigenvalue weighted by molar-refractivity contribution is 14.1. The molecule has 5 heteroatoms. The lowest BCUT2D eigenvalue weighted by molar-refractivity contribution is 0.0606. The Morgan fingerprint density at radius 2 is 2.00 bits per heavy atom. The molecule has 1 saturated heterocycles. The number of aliphatic hydroxyl groups excluding tert-OH is 1. The smallest absolute Gasteiger partial charge is 0.109 e. The van der Waals surface area contributed by atoms with Gasteiger partial charge in [0.15, 0.2) is 0 Å². The molecule has 78 valence electrons. The van der Waals surface area contributed by atoms with Crippen LogP contribution in [0.25, 0.3) is 0 Å². The molecule has 0 aliphatic carbocycles. The van der Waals surface area contributed by atoms with Gasteiger partial charge in [-0.1, -0.05) is 0 Å². The maximum atomic E-state index is 9.48. The van der Waals surface area contributed by atoms with E-state index >= 15 is 0 Å². The summed E-state index contributed by atoms with van der Waals surface area (Å²) in [6, 6.07) is 0. The average molecular weight is 300 g/mol. The van der Waals surface area contributed by atoms with E-state index in [1.807, 2.05) is 23.0 Å². The molecule has 0 aromatic rings. The summed E-state index contributed by atoms with van der Waals surface area (Å²) in [5.74, 6) is 0. The first-order valence-electron chi connectivity index (χ1n) is 4.55. The van der Waals surface area contributed by atoms with Gasteiger partial charge < -0.3 is 13.1 Å². The minimum absolute atomic E-state index is 0.347. The number of hydrogen-bond acceptors (Lipinski definition) is 4. The predicted molar refractivity (Wildman–Crippen MR) is 59.9 cm³/mol. The first-order valence-corrected chi connectivity index (χ1v) is 5.43. The Balaban J connectivity index is 2.14. The summed E-state index contributed by atoms with van der Waals surface area (Å²) in [7, 11) is 2.13. The molecular weight excluding hydrogens is 283 g/mol. The van der Waals surface area contributed by atoms with E-state index in [-0.39, 0.29) is 6.10 Å². The molecule has 0 aromatic heterocycles. The molecule has 1 unspecified atom stereocenters. The minimum atomic E-state index is -0.347. The second-order valence-electron chi connectivity index (χ2n) is 3.53. The van der Waals surface area contributed by atoms with Gasteiger partial charge in [-0.2, -0.15) is 0 Å². The SMILES string of the molecule is CN1CCN(CC(O)COI)CC1. The largest absolute Gasteiger partial charge is 0.389 e. The third kappa shape index (κ3) is 4.55. The molecule has 1 rings (SSSR count). The summed E-state index contributed by atoms with van der Waals surface area (Å²) in [6.07, 6.45) is -0.347. The van der Waals surface area contributed by atoms with Gasteiger partial charge in [0, 0.05) is 32.7 Å². The third-order valence-electron chi connectivity index (χ3n) is 2.32. The number of piperazine rings is 1. The highest BCUT2D eigenvalue weighted by atomic mass is 127. The number of likely N-dealkylation sites (N-methyl/N-ethyl adjacent to an activating group) is 1. The molecule has 0 aromatic carbocycles. The summed E-state index contributed by atoms with van der Waals surface area (Å²) in [6.45, 7) is 5.45. The Morgan fingerprint density at radius 3 is 2.54 bits per heavy atom. The van der Waals surface area contributed by atoms with E-state index in [2.05, 4.69) is 16.8 Å². The lowest BCUT2D eigenvalue weighted by atomic mass is 10.3. The second-order valence-corrected chi connectivity index (χ2v) is 4.16. The molecule has 13 heavy (non-hydrogen) atoms. The standard InChI is InChI=1S/C8H17IN2O2/c1-10-2-4-11(5-3-10)6-8(12)7-13-9/h8,12H,2-7H2,1H3. The molecule has 1 aliphatic rings. The summed E-state index contributed by atoms with van der Waals surface area (Å²) >= 11 is 1.81. The van der Waals surface area contributed by atoms with Gasteiger partial charge in [0.25, 0.3) is 0 Å². The molecule has 0 amide bonds. The fourth-order valence-corrected chi connectivity index (χ4v) is 1.87. The molecule has 0 radical (unpaired) electrons. The summed E-state index contributed by atoms with van der Waals surface area (Å²) in [5, 5.41) is 9.48. The van der Waals surface area contributed by atoms with Crippen LogP contribution < -0.4 is 0 Å².